The fourth-order valence-corrected chi connectivity index (χ4v) is 8.56. The molecule has 0 bridgehead atoms. The number of rotatable bonds is 41. The molecule has 0 saturated heterocycles. The number of benzene rings is 2. The van der Waals surface area contributed by atoms with Crippen LogP contribution in [0.25, 0.3) is 11.1 Å². The van der Waals surface area contributed by atoms with Gasteiger partial charge in [0.2, 0.25) is 0 Å². The third-order valence-corrected chi connectivity index (χ3v) is 12.6. The summed E-state index contributed by atoms with van der Waals surface area (Å²) in [5.74, 6) is 1.05. The number of nitrogens with zero attached hydrogens (tertiary/aromatic N) is 2. The highest BCUT2D eigenvalue weighted by Gasteiger charge is 2.17. The number of unbranched alkanes of at least 4 members (excludes halogenated alkanes) is 18. The maximum atomic E-state index is 13.0. The first-order valence-electron chi connectivity index (χ1n) is 25.8. The largest absolute Gasteiger partial charge is 0.483 e. The molecule has 0 aliphatic heterocycles. The molecule has 64 heavy (non-hydrogen) atoms. The van der Waals surface area contributed by atoms with Crippen LogP contribution in [0.2, 0.25) is 0 Å². The van der Waals surface area contributed by atoms with Crippen molar-refractivity contribution in [3.63, 3.8) is 0 Å². The molecule has 0 fully saturated rings. The first kappa shape index (κ1) is 56.5. The van der Waals surface area contributed by atoms with Gasteiger partial charge in [-0.3, -0.25) is 9.59 Å². The Hall–Kier alpha value is -3.62. The van der Waals surface area contributed by atoms with Gasteiger partial charge in [-0.1, -0.05) is 141 Å². The Kier molecular flexibility index (Phi) is 30.6. The monoisotopic (exact) mass is 889 g/mol. The minimum atomic E-state index is -0.123. The van der Waals surface area contributed by atoms with Crippen molar-refractivity contribution in [3.05, 3.63) is 72.8 Å². The van der Waals surface area contributed by atoms with Crippen LogP contribution in [0.4, 0.5) is 0 Å². The lowest BCUT2D eigenvalue weighted by atomic mass is 9.97. The van der Waals surface area contributed by atoms with E-state index in [1.54, 1.807) is 0 Å². The lowest BCUT2D eigenvalue weighted by Gasteiger charge is -2.30. The standard InChI is InChI=1S/C56H94N4O4/c1-9-13-15-17-19-21-23-25-27-29-41-59(5,6)43-31-39-57-55(61)47-63-53-38-36-50(46-51(53)34-12-4)52-45-49(33-11-3)35-37-54(52)64-48-56(62)58-40-32-44-60(7,8)42-30-28-26-24-22-20-18-16-14-10-2/h11-12,35-38,45-46H,3-4,9-10,13-34,39-44,47-48H2,1-2,5-8H3/p+2. The summed E-state index contributed by atoms with van der Waals surface area (Å²) in [7, 11) is 9.20. The summed E-state index contributed by atoms with van der Waals surface area (Å²) < 4.78 is 14.2. The van der Waals surface area contributed by atoms with Crippen LogP contribution in [0.1, 0.15) is 166 Å². The summed E-state index contributed by atoms with van der Waals surface area (Å²) in [6.07, 6.45) is 34.0. The Labute approximate surface area is 393 Å². The molecule has 0 heterocycles. The molecule has 0 saturated carbocycles. The summed E-state index contributed by atoms with van der Waals surface area (Å²) in [6.45, 7) is 18.0. The third-order valence-electron chi connectivity index (χ3n) is 12.6. The molecule has 0 spiro atoms. The molecule has 0 radical (unpaired) electrons. The van der Waals surface area contributed by atoms with E-state index in [0.29, 0.717) is 37.4 Å². The molecule has 0 aliphatic carbocycles. The van der Waals surface area contributed by atoms with Gasteiger partial charge < -0.3 is 29.1 Å². The molecule has 2 rings (SSSR count). The SMILES string of the molecule is C=CCc1ccc(OCC(=O)NCCC[N+](C)(C)CCCCCCCCCCCC)c(-c2ccc(OCC(=O)NCCC[N+](C)(C)CCCCCCCCCCCC)c(CC=C)c2)c1. The molecule has 8 heteroatoms. The maximum absolute atomic E-state index is 13.0. The lowest BCUT2D eigenvalue weighted by molar-refractivity contribution is -0.890. The summed E-state index contributed by atoms with van der Waals surface area (Å²) in [5, 5.41) is 6.14. The highest BCUT2D eigenvalue weighted by Crippen LogP contribution is 2.35. The van der Waals surface area contributed by atoms with Gasteiger partial charge in [0.15, 0.2) is 13.2 Å². The van der Waals surface area contributed by atoms with Gasteiger partial charge in [0, 0.05) is 31.5 Å². The van der Waals surface area contributed by atoms with Crippen molar-refractivity contribution in [2.45, 2.75) is 168 Å². The van der Waals surface area contributed by atoms with E-state index in [4.69, 9.17) is 9.47 Å². The van der Waals surface area contributed by atoms with Gasteiger partial charge in [-0.2, -0.15) is 0 Å². The van der Waals surface area contributed by atoms with Gasteiger partial charge >= 0.3 is 0 Å². The molecule has 8 nitrogen and oxygen atoms in total. The highest BCUT2D eigenvalue weighted by atomic mass is 16.5. The molecule has 0 aromatic heterocycles. The van der Waals surface area contributed by atoms with Gasteiger partial charge in [-0.25, -0.2) is 0 Å². The zero-order valence-corrected chi connectivity index (χ0v) is 42.2. The predicted molar refractivity (Wildman–Crippen MR) is 273 cm³/mol. The summed E-state index contributed by atoms with van der Waals surface area (Å²) in [4.78, 5) is 25.8. The second-order valence-electron chi connectivity index (χ2n) is 19.8. The van der Waals surface area contributed by atoms with Crippen LogP contribution in [0.15, 0.2) is 61.7 Å². The van der Waals surface area contributed by atoms with Crippen molar-refractivity contribution in [1.29, 1.82) is 0 Å². The van der Waals surface area contributed by atoms with Crippen molar-refractivity contribution in [2.24, 2.45) is 0 Å². The number of carbonyl (C=O) groups excluding carboxylic acids is 2. The Bertz CT molecular complexity index is 1570. The van der Waals surface area contributed by atoms with Crippen LogP contribution in [-0.4, -0.2) is 101 Å². The Morgan fingerprint density at radius 1 is 0.516 bits per heavy atom. The minimum absolute atomic E-state index is 0.0471. The van der Waals surface area contributed by atoms with Crippen molar-refractivity contribution in [3.8, 4) is 22.6 Å². The quantitative estimate of drug-likeness (QED) is 0.0396. The van der Waals surface area contributed by atoms with Crippen LogP contribution in [0, 0.1) is 0 Å². The second-order valence-corrected chi connectivity index (χ2v) is 19.8. The number of hydrogen-bond acceptors (Lipinski definition) is 4. The van der Waals surface area contributed by atoms with Gasteiger partial charge in [-0.15, -0.1) is 13.2 Å². The van der Waals surface area contributed by atoms with Crippen LogP contribution in [0.3, 0.4) is 0 Å². The van der Waals surface area contributed by atoms with E-state index in [1.807, 2.05) is 36.4 Å². The van der Waals surface area contributed by atoms with Crippen LogP contribution < -0.4 is 20.1 Å². The molecule has 0 unspecified atom stereocenters. The summed E-state index contributed by atoms with van der Waals surface area (Å²) in [5.41, 5.74) is 3.86. The highest BCUT2D eigenvalue weighted by molar-refractivity contribution is 5.79. The Morgan fingerprint density at radius 2 is 0.922 bits per heavy atom. The number of carbonyl (C=O) groups is 2. The number of quaternary nitrogens is 2. The zero-order valence-electron chi connectivity index (χ0n) is 42.2. The average molecular weight is 889 g/mol. The fourth-order valence-electron chi connectivity index (χ4n) is 8.56. The van der Waals surface area contributed by atoms with E-state index in [1.165, 1.54) is 142 Å². The Balaban J connectivity index is 1.81. The maximum Gasteiger partial charge on any atom is 0.257 e. The molecular formula is C56H96N4O4+2. The van der Waals surface area contributed by atoms with Gasteiger partial charge in [0.1, 0.15) is 11.5 Å². The molecule has 2 N–H and O–H groups in total. The topological polar surface area (TPSA) is 76.7 Å². The van der Waals surface area contributed by atoms with E-state index in [-0.39, 0.29) is 25.0 Å². The number of hydrogen-bond donors (Lipinski definition) is 2. The molecule has 2 aromatic carbocycles. The number of amides is 2. The van der Waals surface area contributed by atoms with Crippen LogP contribution >= 0.6 is 0 Å². The first-order chi connectivity index (χ1) is 30.9. The molecular weight excluding hydrogens is 793 g/mol. The smallest absolute Gasteiger partial charge is 0.257 e. The summed E-state index contributed by atoms with van der Waals surface area (Å²) in [6, 6.07) is 12.0. The van der Waals surface area contributed by atoms with Crippen molar-refractivity contribution < 1.29 is 28.0 Å². The van der Waals surface area contributed by atoms with Crippen molar-refractivity contribution in [1.82, 2.24) is 10.6 Å². The Morgan fingerprint density at radius 3 is 1.38 bits per heavy atom. The van der Waals surface area contributed by atoms with Gasteiger partial charge in [0.05, 0.1) is 54.4 Å². The van der Waals surface area contributed by atoms with Gasteiger partial charge in [-0.05, 0) is 79.5 Å². The molecule has 362 valence electrons. The zero-order chi connectivity index (χ0) is 46.7. The molecule has 2 amide bonds. The number of allylic oxidation sites excluding steroid dienone is 2. The van der Waals surface area contributed by atoms with E-state index in [9.17, 15) is 9.59 Å². The number of ether oxygens (including phenoxy) is 2. The molecule has 2 aromatic rings. The van der Waals surface area contributed by atoms with Crippen LogP contribution in [-0.2, 0) is 22.4 Å². The van der Waals surface area contributed by atoms with E-state index in [0.717, 1.165) is 57.2 Å². The first-order valence-corrected chi connectivity index (χ1v) is 25.8. The lowest BCUT2D eigenvalue weighted by Crippen LogP contribution is -2.42. The predicted octanol–water partition coefficient (Wildman–Crippen LogP) is 12.6. The molecule has 0 atom stereocenters. The normalized spacial score (nSPS) is 11.7. The van der Waals surface area contributed by atoms with Crippen LogP contribution in [0.5, 0.6) is 11.5 Å². The molecule has 0 aliphatic rings. The summed E-state index contributed by atoms with van der Waals surface area (Å²) >= 11 is 0. The third kappa shape index (κ3) is 27.0. The van der Waals surface area contributed by atoms with Crippen molar-refractivity contribution in [2.75, 3.05) is 80.7 Å². The average Bonchev–Trinajstić information content (AvgIpc) is 3.27. The van der Waals surface area contributed by atoms with Gasteiger partial charge in [0.25, 0.3) is 11.8 Å². The fraction of sp³-hybridized carbons (Fsp3) is 0.679. The van der Waals surface area contributed by atoms with E-state index < -0.39 is 0 Å². The van der Waals surface area contributed by atoms with E-state index >= 15 is 0 Å². The minimum Gasteiger partial charge on any atom is -0.483 e. The van der Waals surface area contributed by atoms with Crippen molar-refractivity contribution >= 4 is 11.8 Å². The van der Waals surface area contributed by atoms with E-state index in [2.05, 4.69) is 78.0 Å². The number of nitrogens with one attached hydrogen (secondary N) is 2. The second kappa shape index (κ2) is 34.7.